The van der Waals surface area contributed by atoms with Crippen LogP contribution >= 0.6 is 0 Å². The molecule has 21 heavy (non-hydrogen) atoms. The van der Waals surface area contributed by atoms with Crippen LogP contribution in [0.25, 0.3) is 0 Å². The standard InChI is InChI=1S/C11H16FN3O5S/c1-8(16)7-13-4-5-14-21(19,20)9-2-3-10(12)11(6-9)15(17)18/h2-3,6,8,13-14,16H,4-5,7H2,1H3. The molecule has 0 saturated heterocycles. The van der Waals surface area contributed by atoms with Crippen molar-refractivity contribution in [3.8, 4) is 0 Å². The lowest BCUT2D eigenvalue weighted by molar-refractivity contribution is -0.387. The maximum atomic E-state index is 13.1. The molecule has 0 aliphatic carbocycles. The van der Waals surface area contributed by atoms with Gasteiger partial charge in [-0.2, -0.15) is 4.39 Å². The summed E-state index contributed by atoms with van der Waals surface area (Å²) in [7, 11) is -3.96. The molecule has 118 valence electrons. The van der Waals surface area contributed by atoms with Gasteiger partial charge in [0, 0.05) is 25.7 Å². The van der Waals surface area contributed by atoms with E-state index in [1.54, 1.807) is 6.92 Å². The number of aliphatic hydroxyl groups is 1. The second-order valence-electron chi connectivity index (χ2n) is 4.32. The van der Waals surface area contributed by atoms with Crippen LogP contribution in [0, 0.1) is 15.9 Å². The number of hydrogen-bond donors (Lipinski definition) is 3. The maximum Gasteiger partial charge on any atom is 0.306 e. The fraction of sp³-hybridized carbons (Fsp3) is 0.455. The molecule has 3 N–H and O–H groups in total. The molecule has 1 unspecified atom stereocenters. The van der Waals surface area contributed by atoms with E-state index in [1.807, 2.05) is 0 Å². The highest BCUT2D eigenvalue weighted by Crippen LogP contribution is 2.21. The van der Waals surface area contributed by atoms with Crippen molar-refractivity contribution in [3.63, 3.8) is 0 Å². The first-order chi connectivity index (χ1) is 9.74. The Hall–Kier alpha value is -1.62. The molecule has 1 aromatic rings. The van der Waals surface area contributed by atoms with Crippen LogP contribution in [-0.4, -0.2) is 44.2 Å². The van der Waals surface area contributed by atoms with Crippen molar-refractivity contribution in [2.24, 2.45) is 0 Å². The predicted molar refractivity (Wildman–Crippen MR) is 72.8 cm³/mol. The van der Waals surface area contributed by atoms with Crippen molar-refractivity contribution in [2.75, 3.05) is 19.6 Å². The molecular formula is C11H16FN3O5S. The number of hydrogen-bond acceptors (Lipinski definition) is 6. The van der Waals surface area contributed by atoms with Crippen molar-refractivity contribution < 1.29 is 22.8 Å². The molecule has 0 saturated carbocycles. The minimum atomic E-state index is -3.96. The summed E-state index contributed by atoms with van der Waals surface area (Å²) in [6.07, 6.45) is -0.554. The number of nitro benzene ring substituents is 1. The lowest BCUT2D eigenvalue weighted by atomic mass is 10.3. The first kappa shape index (κ1) is 17.4. The van der Waals surface area contributed by atoms with E-state index in [9.17, 15) is 22.9 Å². The smallest absolute Gasteiger partial charge is 0.306 e. The van der Waals surface area contributed by atoms with E-state index in [0.717, 1.165) is 12.1 Å². The van der Waals surface area contributed by atoms with Gasteiger partial charge in [-0.15, -0.1) is 0 Å². The number of halogens is 1. The molecule has 0 bridgehead atoms. The number of nitro groups is 1. The SMILES string of the molecule is CC(O)CNCCNS(=O)(=O)c1ccc(F)c([N+](=O)[O-])c1. The molecule has 0 heterocycles. The molecule has 0 aromatic heterocycles. The van der Waals surface area contributed by atoms with Crippen molar-refractivity contribution in [1.29, 1.82) is 0 Å². The minimum absolute atomic E-state index is 0.0280. The summed E-state index contributed by atoms with van der Waals surface area (Å²) in [5, 5.41) is 22.4. The van der Waals surface area contributed by atoms with E-state index >= 15 is 0 Å². The van der Waals surface area contributed by atoms with Crippen molar-refractivity contribution in [2.45, 2.75) is 17.9 Å². The second-order valence-corrected chi connectivity index (χ2v) is 6.09. The van der Waals surface area contributed by atoms with Crippen LogP contribution in [0.2, 0.25) is 0 Å². The Kier molecular flexibility index (Phi) is 6.15. The first-order valence-electron chi connectivity index (χ1n) is 6.06. The molecule has 0 amide bonds. The molecule has 0 aliphatic heterocycles. The number of nitrogens with zero attached hydrogens (tertiary/aromatic N) is 1. The lowest BCUT2D eigenvalue weighted by Gasteiger charge is -2.09. The number of rotatable bonds is 8. The van der Waals surface area contributed by atoms with E-state index in [1.165, 1.54) is 0 Å². The van der Waals surface area contributed by atoms with E-state index in [-0.39, 0.29) is 18.0 Å². The van der Waals surface area contributed by atoms with Gasteiger partial charge in [0.1, 0.15) is 0 Å². The number of aliphatic hydroxyl groups excluding tert-OH is 1. The van der Waals surface area contributed by atoms with Gasteiger partial charge < -0.3 is 10.4 Å². The Morgan fingerprint density at radius 3 is 2.67 bits per heavy atom. The van der Waals surface area contributed by atoms with Crippen LogP contribution in [0.5, 0.6) is 0 Å². The monoisotopic (exact) mass is 321 g/mol. The zero-order chi connectivity index (χ0) is 16.0. The predicted octanol–water partition coefficient (Wildman–Crippen LogP) is -0.0174. The maximum absolute atomic E-state index is 13.1. The normalized spacial score (nSPS) is 13.1. The van der Waals surface area contributed by atoms with Gasteiger partial charge in [-0.1, -0.05) is 0 Å². The van der Waals surface area contributed by atoms with Crippen LogP contribution in [0.3, 0.4) is 0 Å². The number of nitrogens with one attached hydrogen (secondary N) is 2. The van der Waals surface area contributed by atoms with E-state index in [2.05, 4.69) is 10.0 Å². The molecule has 1 rings (SSSR count). The Balaban J connectivity index is 2.70. The van der Waals surface area contributed by atoms with Gasteiger partial charge in [-0.3, -0.25) is 10.1 Å². The zero-order valence-electron chi connectivity index (χ0n) is 11.2. The molecule has 10 heteroatoms. The van der Waals surface area contributed by atoms with Crippen LogP contribution in [0.15, 0.2) is 23.1 Å². The van der Waals surface area contributed by atoms with Gasteiger partial charge in [0.2, 0.25) is 15.8 Å². The second kappa shape index (κ2) is 7.41. The van der Waals surface area contributed by atoms with Crippen molar-refractivity contribution in [3.05, 3.63) is 34.1 Å². The molecule has 0 spiro atoms. The highest BCUT2D eigenvalue weighted by atomic mass is 32.2. The van der Waals surface area contributed by atoms with Crippen LogP contribution < -0.4 is 10.0 Å². The first-order valence-corrected chi connectivity index (χ1v) is 7.54. The van der Waals surface area contributed by atoms with Gasteiger partial charge in [0.25, 0.3) is 0 Å². The topological polar surface area (TPSA) is 122 Å². The highest BCUT2D eigenvalue weighted by molar-refractivity contribution is 7.89. The molecule has 0 fully saturated rings. The molecule has 0 aliphatic rings. The average molecular weight is 321 g/mol. The van der Waals surface area contributed by atoms with Gasteiger partial charge in [-0.05, 0) is 19.1 Å². The van der Waals surface area contributed by atoms with Gasteiger partial charge in [0.15, 0.2) is 0 Å². The van der Waals surface area contributed by atoms with Crippen LogP contribution in [-0.2, 0) is 10.0 Å². The summed E-state index contributed by atoms with van der Waals surface area (Å²) in [4.78, 5) is 9.21. The zero-order valence-corrected chi connectivity index (χ0v) is 12.1. The average Bonchev–Trinajstić information content (AvgIpc) is 2.37. The third-order valence-corrected chi connectivity index (χ3v) is 3.92. The Morgan fingerprint density at radius 2 is 2.10 bits per heavy atom. The van der Waals surface area contributed by atoms with E-state index in [4.69, 9.17) is 5.11 Å². The van der Waals surface area contributed by atoms with Crippen LogP contribution in [0.4, 0.5) is 10.1 Å². The summed E-state index contributed by atoms with van der Waals surface area (Å²) < 4.78 is 39.1. The van der Waals surface area contributed by atoms with E-state index < -0.39 is 32.6 Å². The quantitative estimate of drug-likeness (QED) is 0.351. The molecule has 1 atom stereocenters. The Labute approximate surface area is 121 Å². The lowest BCUT2D eigenvalue weighted by Crippen LogP contribution is -2.34. The molecule has 0 radical (unpaired) electrons. The third kappa shape index (κ3) is 5.34. The summed E-state index contributed by atoms with van der Waals surface area (Å²) in [6, 6.07) is 2.35. The van der Waals surface area contributed by atoms with Gasteiger partial charge >= 0.3 is 5.69 Å². The van der Waals surface area contributed by atoms with Crippen molar-refractivity contribution in [1.82, 2.24) is 10.0 Å². The summed E-state index contributed by atoms with van der Waals surface area (Å²) in [5.74, 6) is -1.10. The highest BCUT2D eigenvalue weighted by Gasteiger charge is 2.21. The van der Waals surface area contributed by atoms with Gasteiger partial charge in [-0.25, -0.2) is 13.1 Å². The summed E-state index contributed by atoms with van der Waals surface area (Å²) in [5.41, 5.74) is -0.898. The Bertz CT molecular complexity index is 606. The molecule has 1 aromatic carbocycles. The number of sulfonamides is 1. The van der Waals surface area contributed by atoms with E-state index in [0.29, 0.717) is 12.6 Å². The fourth-order valence-corrected chi connectivity index (χ4v) is 2.52. The van der Waals surface area contributed by atoms with Crippen molar-refractivity contribution >= 4 is 15.7 Å². The minimum Gasteiger partial charge on any atom is -0.392 e. The third-order valence-electron chi connectivity index (χ3n) is 2.46. The summed E-state index contributed by atoms with van der Waals surface area (Å²) in [6.45, 7) is 2.19. The van der Waals surface area contributed by atoms with Gasteiger partial charge in [0.05, 0.1) is 15.9 Å². The summed E-state index contributed by atoms with van der Waals surface area (Å²) >= 11 is 0. The number of benzene rings is 1. The Morgan fingerprint density at radius 1 is 1.43 bits per heavy atom. The molecule has 8 nitrogen and oxygen atoms in total. The molecular weight excluding hydrogens is 305 g/mol. The van der Waals surface area contributed by atoms with Crippen LogP contribution in [0.1, 0.15) is 6.92 Å². The fourth-order valence-electron chi connectivity index (χ4n) is 1.47. The largest absolute Gasteiger partial charge is 0.392 e.